The van der Waals surface area contributed by atoms with Crippen LogP contribution < -0.4 is 15.4 Å². The highest BCUT2D eigenvalue weighted by molar-refractivity contribution is 5.95. The van der Waals surface area contributed by atoms with E-state index in [1.165, 1.54) is 0 Å². The van der Waals surface area contributed by atoms with Crippen molar-refractivity contribution < 1.29 is 14.3 Å². The lowest BCUT2D eigenvalue weighted by molar-refractivity contribution is -0.125. The van der Waals surface area contributed by atoms with Crippen molar-refractivity contribution in [2.75, 3.05) is 17.7 Å². The zero-order chi connectivity index (χ0) is 19.9. The fraction of sp³-hybridized carbons (Fsp3) is 0.391. The summed E-state index contributed by atoms with van der Waals surface area (Å²) >= 11 is 0. The molecule has 0 radical (unpaired) electrons. The summed E-state index contributed by atoms with van der Waals surface area (Å²) < 4.78 is 5.29. The van der Waals surface area contributed by atoms with Crippen molar-refractivity contribution in [3.05, 3.63) is 54.1 Å². The summed E-state index contributed by atoms with van der Waals surface area (Å²) in [7, 11) is 1.59. The molecule has 0 unspecified atom stereocenters. The van der Waals surface area contributed by atoms with Gasteiger partial charge in [-0.1, -0.05) is 37.3 Å². The first-order chi connectivity index (χ1) is 13.6. The Morgan fingerprint density at radius 3 is 1.93 bits per heavy atom. The highest BCUT2D eigenvalue weighted by Gasteiger charge is 2.30. The summed E-state index contributed by atoms with van der Waals surface area (Å²) in [5, 5.41) is 6.04. The Morgan fingerprint density at radius 1 is 0.857 bits per heavy atom. The maximum atomic E-state index is 12.7. The number of para-hydroxylation sites is 3. The average molecular weight is 380 g/mol. The zero-order valence-corrected chi connectivity index (χ0v) is 16.5. The predicted molar refractivity (Wildman–Crippen MR) is 112 cm³/mol. The Balaban J connectivity index is 1.53. The number of carbonyl (C=O) groups excluding carboxylic acids is 2. The molecular weight excluding hydrogens is 352 g/mol. The van der Waals surface area contributed by atoms with Crippen LogP contribution >= 0.6 is 0 Å². The number of amides is 2. The molecule has 1 aliphatic carbocycles. The summed E-state index contributed by atoms with van der Waals surface area (Å²) in [5.41, 5.74) is 2.72. The van der Waals surface area contributed by atoms with Crippen LogP contribution in [0.2, 0.25) is 0 Å². The monoisotopic (exact) mass is 380 g/mol. The Bertz CT molecular complexity index is 757. The maximum absolute atomic E-state index is 12.7. The SMILES string of the molecule is CCc1ccccc1NC(=O)C1CCC(C(=O)Nc2ccccc2OC)CC1. The minimum absolute atomic E-state index is 0.000290. The van der Waals surface area contributed by atoms with Gasteiger partial charge in [-0.3, -0.25) is 9.59 Å². The Hall–Kier alpha value is -2.82. The Morgan fingerprint density at radius 2 is 1.36 bits per heavy atom. The van der Waals surface area contributed by atoms with Crippen molar-refractivity contribution in [1.29, 1.82) is 0 Å². The van der Waals surface area contributed by atoms with Gasteiger partial charge in [0.25, 0.3) is 0 Å². The van der Waals surface area contributed by atoms with E-state index in [0.717, 1.165) is 30.5 Å². The number of hydrogen-bond acceptors (Lipinski definition) is 3. The third kappa shape index (κ3) is 4.71. The lowest BCUT2D eigenvalue weighted by Gasteiger charge is -2.27. The molecule has 0 saturated heterocycles. The number of anilines is 2. The van der Waals surface area contributed by atoms with E-state index in [1.807, 2.05) is 48.5 Å². The number of methoxy groups -OCH3 is 1. The molecular formula is C23H28N2O3. The van der Waals surface area contributed by atoms with Gasteiger partial charge in [-0.25, -0.2) is 0 Å². The van der Waals surface area contributed by atoms with Crippen LogP contribution in [0.3, 0.4) is 0 Å². The molecule has 28 heavy (non-hydrogen) atoms. The largest absolute Gasteiger partial charge is 0.495 e. The molecule has 0 aliphatic heterocycles. The number of ether oxygens (including phenoxy) is 1. The number of aryl methyl sites for hydroxylation is 1. The molecule has 0 spiro atoms. The normalized spacial score (nSPS) is 18.9. The third-order valence-corrected chi connectivity index (χ3v) is 5.49. The van der Waals surface area contributed by atoms with Gasteiger partial charge in [0.05, 0.1) is 12.8 Å². The molecule has 2 amide bonds. The van der Waals surface area contributed by atoms with E-state index in [2.05, 4.69) is 17.6 Å². The summed E-state index contributed by atoms with van der Waals surface area (Å²) in [5.74, 6) is 0.597. The average Bonchev–Trinajstić information content (AvgIpc) is 2.74. The lowest BCUT2D eigenvalue weighted by atomic mass is 9.81. The van der Waals surface area contributed by atoms with E-state index in [1.54, 1.807) is 7.11 Å². The van der Waals surface area contributed by atoms with Gasteiger partial charge >= 0.3 is 0 Å². The number of rotatable bonds is 6. The minimum atomic E-state index is -0.0723. The number of benzene rings is 2. The van der Waals surface area contributed by atoms with Gasteiger partial charge in [0.2, 0.25) is 11.8 Å². The predicted octanol–water partition coefficient (Wildman–Crippen LogP) is 4.64. The highest BCUT2D eigenvalue weighted by atomic mass is 16.5. The van der Waals surface area contributed by atoms with E-state index in [4.69, 9.17) is 4.74 Å². The van der Waals surface area contributed by atoms with Crippen molar-refractivity contribution in [2.45, 2.75) is 39.0 Å². The number of hydrogen-bond donors (Lipinski definition) is 2. The van der Waals surface area contributed by atoms with Crippen molar-refractivity contribution >= 4 is 23.2 Å². The summed E-state index contributed by atoms with van der Waals surface area (Å²) in [6.45, 7) is 2.08. The van der Waals surface area contributed by atoms with E-state index in [-0.39, 0.29) is 23.7 Å². The topological polar surface area (TPSA) is 67.4 Å². The summed E-state index contributed by atoms with van der Waals surface area (Å²) in [6, 6.07) is 15.3. The minimum Gasteiger partial charge on any atom is -0.495 e. The van der Waals surface area contributed by atoms with Crippen LogP contribution in [0.5, 0.6) is 5.75 Å². The molecule has 2 N–H and O–H groups in total. The molecule has 2 aromatic rings. The summed E-state index contributed by atoms with van der Waals surface area (Å²) in [4.78, 5) is 25.3. The molecule has 0 aromatic heterocycles. The first-order valence-corrected chi connectivity index (χ1v) is 9.95. The standard InChI is InChI=1S/C23H28N2O3/c1-3-16-8-4-5-9-19(16)24-22(26)17-12-14-18(15-13-17)23(27)25-20-10-6-7-11-21(20)28-2/h4-11,17-18H,3,12-15H2,1-2H3,(H,24,26)(H,25,27). The quantitative estimate of drug-likeness (QED) is 0.767. The Kier molecular flexibility index (Phi) is 6.69. The smallest absolute Gasteiger partial charge is 0.227 e. The van der Waals surface area contributed by atoms with Crippen LogP contribution in [0.25, 0.3) is 0 Å². The van der Waals surface area contributed by atoms with Crippen LogP contribution in [0, 0.1) is 11.8 Å². The highest BCUT2D eigenvalue weighted by Crippen LogP contribution is 2.32. The third-order valence-electron chi connectivity index (χ3n) is 5.49. The van der Waals surface area contributed by atoms with E-state index in [9.17, 15) is 9.59 Å². The molecule has 1 aliphatic rings. The van der Waals surface area contributed by atoms with Crippen molar-refractivity contribution in [2.24, 2.45) is 11.8 Å². The number of nitrogens with one attached hydrogen (secondary N) is 2. The maximum Gasteiger partial charge on any atom is 0.227 e. The van der Waals surface area contributed by atoms with Gasteiger partial charge in [0.15, 0.2) is 0 Å². The fourth-order valence-electron chi connectivity index (χ4n) is 3.79. The van der Waals surface area contributed by atoms with Crippen LogP contribution in [0.15, 0.2) is 48.5 Å². The van der Waals surface area contributed by atoms with Crippen LogP contribution in [-0.2, 0) is 16.0 Å². The first kappa shape index (κ1) is 19.9. The van der Waals surface area contributed by atoms with Gasteiger partial charge in [-0.05, 0) is 55.9 Å². The second-order valence-corrected chi connectivity index (χ2v) is 7.24. The van der Waals surface area contributed by atoms with Crippen molar-refractivity contribution in [1.82, 2.24) is 0 Å². The van der Waals surface area contributed by atoms with Crippen LogP contribution in [-0.4, -0.2) is 18.9 Å². The fourth-order valence-corrected chi connectivity index (χ4v) is 3.79. The molecule has 0 heterocycles. The van der Waals surface area contributed by atoms with E-state index >= 15 is 0 Å². The van der Waals surface area contributed by atoms with Gasteiger partial charge in [-0.15, -0.1) is 0 Å². The molecule has 0 bridgehead atoms. The number of carbonyl (C=O) groups is 2. The molecule has 3 rings (SSSR count). The molecule has 5 nitrogen and oxygen atoms in total. The van der Waals surface area contributed by atoms with Crippen molar-refractivity contribution in [3.63, 3.8) is 0 Å². The second kappa shape index (κ2) is 9.40. The molecule has 1 saturated carbocycles. The van der Waals surface area contributed by atoms with Crippen molar-refractivity contribution in [3.8, 4) is 5.75 Å². The second-order valence-electron chi connectivity index (χ2n) is 7.24. The van der Waals surface area contributed by atoms with Gasteiger partial charge in [-0.2, -0.15) is 0 Å². The lowest BCUT2D eigenvalue weighted by Crippen LogP contribution is -2.32. The van der Waals surface area contributed by atoms with Crippen LogP contribution in [0.1, 0.15) is 38.2 Å². The van der Waals surface area contributed by atoms with Gasteiger partial charge < -0.3 is 15.4 Å². The van der Waals surface area contributed by atoms with Gasteiger partial charge in [0, 0.05) is 17.5 Å². The Labute approximate surface area is 166 Å². The molecule has 5 heteroatoms. The molecule has 1 fully saturated rings. The zero-order valence-electron chi connectivity index (χ0n) is 16.5. The summed E-state index contributed by atoms with van der Waals surface area (Å²) in [6.07, 6.45) is 3.77. The molecule has 148 valence electrons. The van der Waals surface area contributed by atoms with Crippen LogP contribution in [0.4, 0.5) is 11.4 Å². The first-order valence-electron chi connectivity index (χ1n) is 9.95. The molecule has 2 aromatic carbocycles. The van der Waals surface area contributed by atoms with Gasteiger partial charge in [0.1, 0.15) is 5.75 Å². The van der Waals surface area contributed by atoms with E-state index in [0.29, 0.717) is 24.3 Å². The van der Waals surface area contributed by atoms with E-state index < -0.39 is 0 Å². The molecule has 0 atom stereocenters.